The summed E-state index contributed by atoms with van der Waals surface area (Å²) in [5.74, 6) is -2.75. The molecule has 0 spiro atoms. The lowest BCUT2D eigenvalue weighted by Crippen LogP contribution is -2.43. The maximum Gasteiger partial charge on any atom is 0.295 e. The van der Waals surface area contributed by atoms with E-state index >= 15 is 0 Å². The van der Waals surface area contributed by atoms with Crippen molar-refractivity contribution in [2.75, 3.05) is 20.8 Å². The van der Waals surface area contributed by atoms with Crippen LogP contribution in [0.2, 0.25) is 5.02 Å². The molecule has 10 heteroatoms. The molecule has 1 unspecified atom stereocenters. The lowest BCUT2D eigenvalue weighted by atomic mass is 10.1. The lowest BCUT2D eigenvalue weighted by molar-refractivity contribution is -0.132. The molecule has 1 aliphatic carbocycles. The van der Waals surface area contributed by atoms with Gasteiger partial charge in [0.25, 0.3) is 17.7 Å². The van der Waals surface area contributed by atoms with E-state index in [1.165, 1.54) is 47.8 Å². The zero-order valence-electron chi connectivity index (χ0n) is 22.1. The molecule has 4 rings (SSSR count). The Bertz CT molecular complexity index is 1050. The van der Waals surface area contributed by atoms with Gasteiger partial charge in [0.05, 0.1) is 10.6 Å². The molecule has 0 radical (unpaired) electrons. The molecule has 1 atom stereocenters. The molecule has 204 valence electrons. The predicted molar refractivity (Wildman–Crippen MR) is 140 cm³/mol. The van der Waals surface area contributed by atoms with Gasteiger partial charge in [-0.05, 0) is 49.8 Å². The van der Waals surface area contributed by atoms with Gasteiger partial charge in [0.2, 0.25) is 0 Å². The van der Waals surface area contributed by atoms with Crippen LogP contribution in [0.25, 0.3) is 0 Å². The minimum absolute atomic E-state index is 0.0576. The van der Waals surface area contributed by atoms with Crippen LogP contribution < -0.4 is 5.32 Å². The molecule has 0 bridgehead atoms. The van der Waals surface area contributed by atoms with E-state index < -0.39 is 29.6 Å². The Morgan fingerprint density at radius 3 is 2.30 bits per heavy atom. The summed E-state index contributed by atoms with van der Waals surface area (Å²) in [5.41, 5.74) is 0.686. The average molecular weight is 538 g/mol. The first-order valence-electron chi connectivity index (χ1n) is 12.5. The van der Waals surface area contributed by atoms with Crippen LogP contribution in [-0.2, 0) is 25.7 Å². The number of ether oxygens (including phenoxy) is 1. The van der Waals surface area contributed by atoms with Crippen molar-refractivity contribution in [1.29, 1.82) is 0 Å². The van der Waals surface area contributed by atoms with Gasteiger partial charge in [0.15, 0.2) is 5.76 Å². The van der Waals surface area contributed by atoms with E-state index in [9.17, 15) is 23.9 Å². The van der Waals surface area contributed by atoms with Gasteiger partial charge < -0.3 is 20.1 Å². The highest BCUT2D eigenvalue weighted by Crippen LogP contribution is 2.39. The second-order valence-electron chi connectivity index (χ2n) is 9.17. The Hall–Kier alpha value is -2.91. The summed E-state index contributed by atoms with van der Waals surface area (Å²) in [5, 5.41) is 13.3. The standard InChI is InChI=1S/C21H21ClFN3O4.C4H10.C2H6O/c1-11-17(27)21(30)26-16(19(28)24-18(26)13-5-6-13)3-2-8-25(20(11)29)10-12-4-7-15(23)14(22)9-12;1-3-4-2;1-3-2/h3-4,7,9,13,18,27H,2,5-6,8,10H2,1H3,(H,24,28);3-4H2,1-2H3;1-2H3/b16-3+,17-11-;;. The first kappa shape index (κ1) is 30.3. The minimum Gasteiger partial charge on any atom is -0.503 e. The molecule has 1 aromatic rings. The van der Waals surface area contributed by atoms with E-state index in [2.05, 4.69) is 23.9 Å². The number of rotatable bonds is 4. The summed E-state index contributed by atoms with van der Waals surface area (Å²) in [6.45, 7) is 6.09. The van der Waals surface area contributed by atoms with E-state index in [-0.39, 0.29) is 41.2 Å². The second kappa shape index (κ2) is 14.1. The quantitative estimate of drug-likeness (QED) is 0.580. The molecule has 1 saturated heterocycles. The molecule has 3 amide bonds. The summed E-state index contributed by atoms with van der Waals surface area (Å²) >= 11 is 5.83. The fourth-order valence-electron chi connectivity index (χ4n) is 3.78. The molecule has 1 saturated carbocycles. The number of aliphatic hydroxyl groups excluding tert-OH is 1. The summed E-state index contributed by atoms with van der Waals surface area (Å²) in [6, 6.07) is 4.16. The van der Waals surface area contributed by atoms with E-state index in [0.29, 0.717) is 12.0 Å². The van der Waals surface area contributed by atoms with Crippen LogP contribution in [-0.4, -0.2) is 59.6 Å². The van der Waals surface area contributed by atoms with Gasteiger partial charge in [-0.2, -0.15) is 0 Å². The Labute approximate surface area is 223 Å². The summed E-state index contributed by atoms with van der Waals surface area (Å²) < 4.78 is 17.7. The zero-order chi connectivity index (χ0) is 27.7. The SMILES string of the molecule is C/C1=C(/O)C(=O)N2/C(=C/CCN(Cc3ccc(F)c(Cl)c3)C1=O)C(=O)NC2C1CC1.CCCC.COC. The first-order chi connectivity index (χ1) is 17.6. The number of unbranched alkanes of at least 4 members (excludes halogenated alkanes) is 1. The Balaban J connectivity index is 0.000000616. The lowest BCUT2D eigenvalue weighted by Gasteiger charge is -2.27. The second-order valence-corrected chi connectivity index (χ2v) is 9.57. The normalized spacial score (nSPS) is 23.2. The third kappa shape index (κ3) is 7.79. The first-order valence-corrected chi connectivity index (χ1v) is 12.9. The molecule has 2 aliphatic heterocycles. The fraction of sp³-hybridized carbons (Fsp3) is 0.519. The third-order valence-corrected chi connectivity index (χ3v) is 6.39. The van der Waals surface area contributed by atoms with Crippen LogP contribution in [0.5, 0.6) is 0 Å². The number of nitrogens with one attached hydrogen (secondary N) is 1. The van der Waals surface area contributed by atoms with Crippen molar-refractivity contribution in [2.24, 2.45) is 5.92 Å². The minimum atomic E-state index is -0.769. The number of halogens is 2. The van der Waals surface area contributed by atoms with Gasteiger partial charge in [-0.3, -0.25) is 19.3 Å². The largest absolute Gasteiger partial charge is 0.503 e. The van der Waals surface area contributed by atoms with Crippen LogP contribution in [0.1, 0.15) is 58.4 Å². The van der Waals surface area contributed by atoms with Crippen LogP contribution in [0.3, 0.4) is 0 Å². The fourth-order valence-corrected chi connectivity index (χ4v) is 3.98. The van der Waals surface area contributed by atoms with Gasteiger partial charge in [-0.1, -0.05) is 50.4 Å². The van der Waals surface area contributed by atoms with Gasteiger partial charge in [0, 0.05) is 27.3 Å². The molecule has 2 heterocycles. The van der Waals surface area contributed by atoms with Gasteiger partial charge in [-0.15, -0.1) is 0 Å². The molecule has 0 aromatic heterocycles. The molecular formula is C27H37ClFN3O5. The number of fused-ring (bicyclic) bond motifs is 1. The van der Waals surface area contributed by atoms with E-state index in [1.54, 1.807) is 20.3 Å². The number of benzene rings is 1. The monoisotopic (exact) mass is 537 g/mol. The number of carbonyl (C=O) groups is 3. The van der Waals surface area contributed by atoms with Gasteiger partial charge in [0.1, 0.15) is 17.7 Å². The topological polar surface area (TPSA) is 99.2 Å². The number of aliphatic hydroxyl groups is 1. The number of nitrogens with zero attached hydrogens (tertiary/aromatic N) is 2. The van der Waals surface area contributed by atoms with Crippen molar-refractivity contribution in [3.05, 3.63) is 57.7 Å². The predicted octanol–water partition coefficient (Wildman–Crippen LogP) is 4.69. The summed E-state index contributed by atoms with van der Waals surface area (Å²) in [6.07, 6.45) is 5.86. The number of carbonyl (C=O) groups excluding carboxylic acids is 3. The van der Waals surface area contributed by atoms with Crippen LogP contribution in [0.15, 0.2) is 41.3 Å². The Morgan fingerprint density at radius 1 is 1.14 bits per heavy atom. The van der Waals surface area contributed by atoms with Crippen molar-refractivity contribution in [2.45, 2.75) is 65.6 Å². The highest BCUT2D eigenvalue weighted by atomic mass is 35.5. The average Bonchev–Trinajstić information content (AvgIpc) is 3.67. The molecule has 37 heavy (non-hydrogen) atoms. The van der Waals surface area contributed by atoms with Crippen molar-refractivity contribution in [3.8, 4) is 0 Å². The smallest absolute Gasteiger partial charge is 0.295 e. The zero-order valence-corrected chi connectivity index (χ0v) is 22.9. The molecule has 2 fully saturated rings. The maximum atomic E-state index is 13.4. The molecule has 1 aromatic carbocycles. The highest BCUT2D eigenvalue weighted by molar-refractivity contribution is 6.30. The molecule has 2 N–H and O–H groups in total. The van der Waals surface area contributed by atoms with Crippen molar-refractivity contribution in [1.82, 2.24) is 15.1 Å². The van der Waals surface area contributed by atoms with Crippen LogP contribution in [0, 0.1) is 11.7 Å². The number of methoxy groups -OCH3 is 1. The number of hydrogen-bond donors (Lipinski definition) is 2. The molecular weight excluding hydrogens is 501 g/mol. The summed E-state index contributed by atoms with van der Waals surface area (Å²) in [7, 11) is 3.25. The van der Waals surface area contributed by atoms with Gasteiger partial charge >= 0.3 is 0 Å². The molecule has 8 nitrogen and oxygen atoms in total. The van der Waals surface area contributed by atoms with Crippen LogP contribution >= 0.6 is 11.6 Å². The third-order valence-electron chi connectivity index (χ3n) is 6.10. The van der Waals surface area contributed by atoms with E-state index in [4.69, 9.17) is 11.6 Å². The van der Waals surface area contributed by atoms with Crippen LogP contribution in [0.4, 0.5) is 4.39 Å². The number of amides is 3. The van der Waals surface area contributed by atoms with E-state index in [1.807, 2.05) is 0 Å². The number of hydrogen-bond acceptors (Lipinski definition) is 5. The van der Waals surface area contributed by atoms with E-state index in [0.717, 1.165) is 12.8 Å². The maximum absolute atomic E-state index is 13.4. The summed E-state index contributed by atoms with van der Waals surface area (Å²) in [4.78, 5) is 41.1. The van der Waals surface area contributed by atoms with Gasteiger partial charge in [-0.25, -0.2) is 4.39 Å². The molecule has 3 aliphatic rings. The van der Waals surface area contributed by atoms with Crippen molar-refractivity contribution >= 4 is 29.3 Å². The Morgan fingerprint density at radius 2 is 1.76 bits per heavy atom. The Kier molecular flexibility index (Phi) is 11.6. The highest BCUT2D eigenvalue weighted by Gasteiger charge is 2.47. The van der Waals surface area contributed by atoms with Crippen molar-refractivity contribution < 1.29 is 28.6 Å². The van der Waals surface area contributed by atoms with Crippen molar-refractivity contribution in [3.63, 3.8) is 0 Å².